The van der Waals surface area contributed by atoms with Crippen LogP contribution in [0.5, 0.6) is 0 Å². The van der Waals surface area contributed by atoms with Crippen molar-refractivity contribution in [1.29, 1.82) is 0 Å². The van der Waals surface area contributed by atoms with Crippen molar-refractivity contribution in [3.05, 3.63) is 72.3 Å². The Morgan fingerprint density at radius 1 is 1.03 bits per heavy atom. The van der Waals surface area contributed by atoms with Gasteiger partial charge in [0.15, 0.2) is 0 Å². The highest BCUT2D eigenvalue weighted by Gasteiger charge is 2.30. The molecule has 29 heavy (non-hydrogen) atoms. The molecule has 0 unspecified atom stereocenters. The molecule has 0 heterocycles. The van der Waals surface area contributed by atoms with E-state index in [1.165, 1.54) is 6.08 Å². The van der Waals surface area contributed by atoms with Gasteiger partial charge in [-0.25, -0.2) is 9.59 Å². The molecular weight excluding hydrogens is 374 g/mol. The zero-order chi connectivity index (χ0) is 20.8. The van der Waals surface area contributed by atoms with Gasteiger partial charge in [0.2, 0.25) is 0 Å². The van der Waals surface area contributed by atoms with Crippen molar-refractivity contribution >= 4 is 18.0 Å². The van der Waals surface area contributed by atoms with E-state index in [2.05, 4.69) is 11.9 Å². The highest BCUT2D eigenvalue weighted by molar-refractivity contribution is 5.86. The van der Waals surface area contributed by atoms with Crippen molar-refractivity contribution in [2.45, 2.75) is 18.4 Å². The molecule has 0 saturated heterocycles. The van der Waals surface area contributed by atoms with Crippen molar-refractivity contribution < 1.29 is 29.0 Å². The van der Waals surface area contributed by atoms with E-state index in [-0.39, 0.29) is 19.1 Å². The number of esters is 1. The predicted molar refractivity (Wildman–Crippen MR) is 105 cm³/mol. The van der Waals surface area contributed by atoms with Gasteiger partial charge in [-0.05, 0) is 22.3 Å². The molecule has 2 aromatic rings. The number of aliphatic carboxylic acids is 1. The summed E-state index contributed by atoms with van der Waals surface area (Å²) in [7, 11) is 0. The van der Waals surface area contributed by atoms with Gasteiger partial charge in [0.25, 0.3) is 0 Å². The van der Waals surface area contributed by atoms with Crippen LogP contribution in [0.1, 0.15) is 23.5 Å². The molecule has 0 fully saturated rings. The lowest BCUT2D eigenvalue weighted by atomic mass is 9.98. The first-order chi connectivity index (χ1) is 14.0. The molecule has 0 saturated carbocycles. The monoisotopic (exact) mass is 395 g/mol. The molecule has 0 aromatic heterocycles. The fourth-order valence-electron chi connectivity index (χ4n) is 3.39. The Morgan fingerprint density at radius 2 is 1.62 bits per heavy atom. The Labute approximate surface area is 167 Å². The summed E-state index contributed by atoms with van der Waals surface area (Å²) in [6.45, 7) is 3.39. The fraction of sp³-hybridized carbons (Fsp3) is 0.227. The lowest BCUT2D eigenvalue weighted by Crippen LogP contribution is -2.43. The van der Waals surface area contributed by atoms with Crippen molar-refractivity contribution in [2.75, 3.05) is 13.2 Å². The van der Waals surface area contributed by atoms with Crippen LogP contribution in [0.15, 0.2) is 61.2 Å². The molecule has 150 valence electrons. The first-order valence-electron chi connectivity index (χ1n) is 9.12. The topological polar surface area (TPSA) is 102 Å². The minimum absolute atomic E-state index is 0.0569. The molecule has 1 aliphatic rings. The molecule has 0 radical (unpaired) electrons. The maximum Gasteiger partial charge on any atom is 0.407 e. The predicted octanol–water partition coefficient (Wildman–Crippen LogP) is 3.10. The lowest BCUT2D eigenvalue weighted by Gasteiger charge is -2.18. The number of carboxylic acid groups (broad SMARTS) is 1. The molecule has 0 aliphatic heterocycles. The normalized spacial score (nSPS) is 13.0. The molecule has 2 N–H and O–H groups in total. The smallest absolute Gasteiger partial charge is 0.407 e. The number of amides is 1. The van der Waals surface area contributed by atoms with Crippen LogP contribution >= 0.6 is 0 Å². The van der Waals surface area contributed by atoms with Gasteiger partial charge in [0, 0.05) is 5.92 Å². The van der Waals surface area contributed by atoms with Gasteiger partial charge in [0.05, 0.1) is 6.42 Å². The van der Waals surface area contributed by atoms with Gasteiger partial charge >= 0.3 is 18.0 Å². The van der Waals surface area contributed by atoms with Crippen LogP contribution in [0.3, 0.4) is 0 Å². The Bertz CT molecular complexity index is 893. The van der Waals surface area contributed by atoms with Gasteiger partial charge in [-0.3, -0.25) is 4.79 Å². The molecule has 0 spiro atoms. The fourth-order valence-corrected chi connectivity index (χ4v) is 3.39. The van der Waals surface area contributed by atoms with Gasteiger partial charge in [-0.1, -0.05) is 61.2 Å². The second-order valence-electron chi connectivity index (χ2n) is 6.54. The third kappa shape index (κ3) is 4.63. The Balaban J connectivity index is 1.67. The maximum atomic E-state index is 12.2. The maximum absolute atomic E-state index is 12.2. The number of benzene rings is 2. The van der Waals surface area contributed by atoms with Crippen molar-refractivity contribution in [3.63, 3.8) is 0 Å². The minimum atomic E-state index is -1.34. The zero-order valence-electron chi connectivity index (χ0n) is 15.7. The van der Waals surface area contributed by atoms with E-state index in [4.69, 9.17) is 14.6 Å². The molecule has 2 aromatic carbocycles. The second kappa shape index (κ2) is 9.05. The molecule has 7 nitrogen and oxygen atoms in total. The summed E-state index contributed by atoms with van der Waals surface area (Å²) < 4.78 is 10.2. The van der Waals surface area contributed by atoms with E-state index in [0.717, 1.165) is 22.3 Å². The first kappa shape index (κ1) is 20.1. The van der Waals surface area contributed by atoms with Crippen molar-refractivity contribution in [3.8, 4) is 11.1 Å². The number of fused-ring (bicyclic) bond motifs is 3. The summed E-state index contributed by atoms with van der Waals surface area (Å²) in [5.74, 6) is -2.25. The number of carbonyl (C=O) groups is 3. The van der Waals surface area contributed by atoms with Gasteiger partial charge in [-0.2, -0.15) is 0 Å². The van der Waals surface area contributed by atoms with Gasteiger partial charge < -0.3 is 19.9 Å². The van der Waals surface area contributed by atoms with Crippen LogP contribution in [0.25, 0.3) is 11.1 Å². The van der Waals surface area contributed by atoms with Crippen LogP contribution < -0.4 is 5.32 Å². The molecule has 1 amide bonds. The van der Waals surface area contributed by atoms with E-state index in [1.807, 2.05) is 48.5 Å². The standard InChI is InChI=1S/C22H21NO6/c1-2-11-28-21(26)19(12-20(24)25)23-22(27)29-13-18-16-9-5-3-7-14(16)15-8-4-6-10-17(15)18/h2-10,18-19H,1,11-13H2,(H,23,27)(H,24,25)/t19-/m0/s1. The quantitative estimate of drug-likeness (QED) is 0.526. The largest absolute Gasteiger partial charge is 0.481 e. The van der Waals surface area contributed by atoms with E-state index >= 15 is 0 Å². The summed E-state index contributed by atoms with van der Waals surface area (Å²) in [5, 5.41) is 11.3. The second-order valence-corrected chi connectivity index (χ2v) is 6.54. The SMILES string of the molecule is C=CCOC(=O)[C@H](CC(=O)O)NC(=O)OCC1c2ccccc2-c2ccccc21. The Morgan fingerprint density at radius 3 is 2.17 bits per heavy atom. The number of alkyl carbamates (subject to hydrolysis) is 1. The van der Waals surface area contributed by atoms with Crippen LogP contribution in [-0.4, -0.2) is 42.4 Å². The molecule has 1 aliphatic carbocycles. The van der Waals surface area contributed by atoms with Crippen molar-refractivity contribution in [1.82, 2.24) is 5.32 Å². The number of carbonyl (C=O) groups excluding carboxylic acids is 2. The third-order valence-electron chi connectivity index (χ3n) is 4.64. The van der Waals surface area contributed by atoms with Crippen LogP contribution in [0.4, 0.5) is 4.79 Å². The van der Waals surface area contributed by atoms with E-state index < -0.39 is 30.5 Å². The molecule has 3 rings (SSSR count). The lowest BCUT2D eigenvalue weighted by molar-refractivity contribution is -0.149. The number of rotatable bonds is 8. The first-order valence-corrected chi connectivity index (χ1v) is 9.12. The average Bonchev–Trinajstić information content (AvgIpc) is 3.03. The summed E-state index contributed by atoms with van der Waals surface area (Å²) in [6, 6.07) is 14.4. The van der Waals surface area contributed by atoms with E-state index in [0.29, 0.717) is 0 Å². The van der Waals surface area contributed by atoms with Crippen molar-refractivity contribution in [2.24, 2.45) is 0 Å². The summed E-state index contributed by atoms with van der Waals surface area (Å²) in [5.41, 5.74) is 4.28. The van der Waals surface area contributed by atoms with Crippen LogP contribution in [0, 0.1) is 0 Å². The number of hydrogen-bond donors (Lipinski definition) is 2. The minimum Gasteiger partial charge on any atom is -0.481 e. The van der Waals surface area contributed by atoms with E-state index in [9.17, 15) is 14.4 Å². The Hall–Kier alpha value is -3.61. The zero-order valence-corrected chi connectivity index (χ0v) is 15.7. The van der Waals surface area contributed by atoms with Crippen LogP contribution in [0.2, 0.25) is 0 Å². The third-order valence-corrected chi connectivity index (χ3v) is 4.64. The number of nitrogens with one attached hydrogen (secondary N) is 1. The number of ether oxygens (including phenoxy) is 2. The van der Waals surface area contributed by atoms with E-state index in [1.54, 1.807) is 0 Å². The highest BCUT2D eigenvalue weighted by Crippen LogP contribution is 2.44. The average molecular weight is 395 g/mol. The molecule has 0 bridgehead atoms. The molecule has 7 heteroatoms. The number of carboxylic acids is 1. The van der Waals surface area contributed by atoms with Crippen LogP contribution in [-0.2, 0) is 19.1 Å². The summed E-state index contributed by atoms with van der Waals surface area (Å²) >= 11 is 0. The highest BCUT2D eigenvalue weighted by atomic mass is 16.6. The summed E-state index contributed by atoms with van der Waals surface area (Å²) in [4.78, 5) is 35.2. The summed E-state index contributed by atoms with van der Waals surface area (Å²) in [6.07, 6.45) is -0.142. The molecular formula is C22H21NO6. The molecule has 1 atom stereocenters. The van der Waals surface area contributed by atoms with Gasteiger partial charge in [0.1, 0.15) is 19.3 Å². The number of hydrogen-bond acceptors (Lipinski definition) is 5. The van der Waals surface area contributed by atoms with Gasteiger partial charge in [-0.15, -0.1) is 0 Å². The Kier molecular flexibility index (Phi) is 6.29.